The van der Waals surface area contributed by atoms with Crippen LogP contribution in [-0.4, -0.2) is 18.5 Å². The second-order valence-corrected chi connectivity index (χ2v) is 4.67. The Morgan fingerprint density at radius 3 is 2.39 bits per heavy atom. The lowest BCUT2D eigenvalue weighted by Crippen LogP contribution is -2.23. The summed E-state index contributed by atoms with van der Waals surface area (Å²) in [6, 6.07) is 13.8. The van der Waals surface area contributed by atoms with Crippen molar-refractivity contribution in [1.82, 2.24) is 0 Å². The van der Waals surface area contributed by atoms with Crippen LogP contribution < -0.4 is 9.47 Å². The van der Waals surface area contributed by atoms with Gasteiger partial charge in [-0.05, 0) is 49.4 Å². The summed E-state index contributed by atoms with van der Waals surface area (Å²) in [4.78, 5) is 12.3. The van der Waals surface area contributed by atoms with Crippen LogP contribution in [0.5, 0.6) is 11.5 Å². The minimum Gasteiger partial charge on any atom is -0.483 e. The summed E-state index contributed by atoms with van der Waals surface area (Å²) in [5.74, 6) is 0.0744. The standard InChI is InChI=1S/C17H13F2NO3/c1-11(22-15-4-2-3-12(9-15)10-20)16(21)13-5-7-14(8-6-13)23-17(18)19/h2-9,11,17H,1H3/t11-/m0/s1. The van der Waals surface area contributed by atoms with E-state index in [1.165, 1.54) is 30.3 Å². The van der Waals surface area contributed by atoms with Crippen molar-refractivity contribution < 1.29 is 23.0 Å². The first-order chi connectivity index (χ1) is 11.0. The molecule has 0 N–H and O–H groups in total. The molecule has 2 rings (SSSR count). The Hall–Kier alpha value is -2.94. The highest BCUT2D eigenvalue weighted by Gasteiger charge is 2.17. The van der Waals surface area contributed by atoms with Crippen LogP contribution in [0.1, 0.15) is 22.8 Å². The van der Waals surface area contributed by atoms with Gasteiger partial charge in [0.2, 0.25) is 5.78 Å². The third-order valence-corrected chi connectivity index (χ3v) is 3.01. The van der Waals surface area contributed by atoms with Crippen LogP contribution in [0.3, 0.4) is 0 Å². The molecule has 0 aromatic heterocycles. The fourth-order valence-electron chi connectivity index (χ4n) is 1.93. The van der Waals surface area contributed by atoms with Gasteiger partial charge in [-0.2, -0.15) is 14.0 Å². The first-order valence-electron chi connectivity index (χ1n) is 6.75. The molecule has 1 atom stereocenters. The summed E-state index contributed by atoms with van der Waals surface area (Å²) in [5, 5.41) is 8.83. The van der Waals surface area contributed by atoms with E-state index in [1.54, 1.807) is 25.1 Å². The highest BCUT2D eigenvalue weighted by Crippen LogP contribution is 2.19. The van der Waals surface area contributed by atoms with Gasteiger partial charge < -0.3 is 9.47 Å². The maximum atomic E-state index is 12.3. The van der Waals surface area contributed by atoms with E-state index in [0.29, 0.717) is 16.9 Å². The van der Waals surface area contributed by atoms with Gasteiger partial charge in [0, 0.05) is 5.56 Å². The number of hydrogen-bond acceptors (Lipinski definition) is 4. The fourth-order valence-corrected chi connectivity index (χ4v) is 1.93. The summed E-state index contributed by atoms with van der Waals surface area (Å²) >= 11 is 0. The summed E-state index contributed by atoms with van der Waals surface area (Å²) in [5.41, 5.74) is 0.742. The zero-order chi connectivity index (χ0) is 16.8. The third-order valence-electron chi connectivity index (χ3n) is 3.01. The maximum absolute atomic E-state index is 12.3. The number of rotatable bonds is 6. The van der Waals surface area contributed by atoms with Gasteiger partial charge in [-0.25, -0.2) is 0 Å². The van der Waals surface area contributed by atoms with Gasteiger partial charge in [0.05, 0.1) is 11.6 Å². The van der Waals surface area contributed by atoms with Gasteiger partial charge in [-0.1, -0.05) is 6.07 Å². The molecular formula is C17H13F2NO3. The number of carbonyl (C=O) groups is 1. The lowest BCUT2D eigenvalue weighted by atomic mass is 10.1. The Bertz CT molecular complexity index is 723. The van der Waals surface area contributed by atoms with Crippen molar-refractivity contribution >= 4 is 5.78 Å². The Balaban J connectivity index is 2.05. The minimum absolute atomic E-state index is 0.0214. The molecule has 0 radical (unpaired) electrons. The minimum atomic E-state index is -2.91. The third kappa shape index (κ3) is 4.51. The smallest absolute Gasteiger partial charge is 0.387 e. The number of halogens is 2. The lowest BCUT2D eigenvalue weighted by molar-refractivity contribution is -0.0498. The average molecular weight is 317 g/mol. The van der Waals surface area contributed by atoms with Crippen LogP contribution in [0.4, 0.5) is 8.78 Å². The van der Waals surface area contributed by atoms with Crippen LogP contribution in [0.25, 0.3) is 0 Å². The first-order valence-corrected chi connectivity index (χ1v) is 6.75. The summed E-state index contributed by atoms with van der Waals surface area (Å²) < 4.78 is 33.9. The highest BCUT2D eigenvalue weighted by atomic mass is 19.3. The van der Waals surface area contributed by atoms with E-state index in [1.807, 2.05) is 6.07 Å². The van der Waals surface area contributed by atoms with Crippen molar-refractivity contribution in [1.29, 1.82) is 5.26 Å². The number of ether oxygens (including phenoxy) is 2. The second kappa shape index (κ2) is 7.36. The topological polar surface area (TPSA) is 59.3 Å². The quantitative estimate of drug-likeness (QED) is 0.760. The Morgan fingerprint density at radius 2 is 1.78 bits per heavy atom. The molecule has 0 aliphatic rings. The van der Waals surface area contributed by atoms with Crippen molar-refractivity contribution in [2.24, 2.45) is 0 Å². The maximum Gasteiger partial charge on any atom is 0.387 e. The molecule has 0 amide bonds. The van der Waals surface area contributed by atoms with Gasteiger partial charge in [0.1, 0.15) is 11.5 Å². The normalized spacial score (nSPS) is 11.6. The molecule has 6 heteroatoms. The van der Waals surface area contributed by atoms with Gasteiger partial charge in [-0.3, -0.25) is 4.79 Å². The van der Waals surface area contributed by atoms with Gasteiger partial charge in [0.25, 0.3) is 0 Å². The number of hydrogen-bond donors (Lipinski definition) is 0. The summed E-state index contributed by atoms with van der Waals surface area (Å²) in [7, 11) is 0. The summed E-state index contributed by atoms with van der Waals surface area (Å²) in [6.07, 6.45) is -0.786. The zero-order valence-corrected chi connectivity index (χ0v) is 12.2. The molecule has 2 aromatic carbocycles. The predicted molar refractivity (Wildman–Crippen MR) is 78.7 cm³/mol. The number of nitriles is 1. The average Bonchev–Trinajstić information content (AvgIpc) is 2.54. The Morgan fingerprint density at radius 1 is 1.09 bits per heavy atom. The summed E-state index contributed by atoms with van der Waals surface area (Å²) in [6.45, 7) is -1.34. The molecule has 0 saturated heterocycles. The van der Waals surface area contributed by atoms with E-state index in [9.17, 15) is 13.6 Å². The second-order valence-electron chi connectivity index (χ2n) is 4.67. The molecule has 0 aliphatic heterocycles. The van der Waals surface area contributed by atoms with Crippen LogP contribution >= 0.6 is 0 Å². The molecule has 2 aromatic rings. The van der Waals surface area contributed by atoms with Crippen molar-refractivity contribution in [2.45, 2.75) is 19.6 Å². The van der Waals surface area contributed by atoms with Crippen LogP contribution in [0.15, 0.2) is 48.5 Å². The van der Waals surface area contributed by atoms with E-state index in [0.717, 1.165) is 0 Å². The molecule has 4 nitrogen and oxygen atoms in total. The first kappa shape index (κ1) is 16.4. The van der Waals surface area contributed by atoms with Crippen LogP contribution in [0.2, 0.25) is 0 Å². The van der Waals surface area contributed by atoms with Crippen molar-refractivity contribution in [2.75, 3.05) is 0 Å². The van der Waals surface area contributed by atoms with Gasteiger partial charge in [-0.15, -0.1) is 0 Å². The molecule has 0 bridgehead atoms. The lowest BCUT2D eigenvalue weighted by Gasteiger charge is -2.14. The van der Waals surface area contributed by atoms with Crippen molar-refractivity contribution in [3.05, 3.63) is 59.7 Å². The van der Waals surface area contributed by atoms with Crippen LogP contribution in [-0.2, 0) is 0 Å². The number of Topliss-reactive ketones (excluding diaryl/α,β-unsaturated/α-hetero) is 1. The zero-order valence-electron chi connectivity index (χ0n) is 12.2. The van der Waals surface area contributed by atoms with Crippen LogP contribution in [0, 0.1) is 11.3 Å². The number of benzene rings is 2. The van der Waals surface area contributed by atoms with Gasteiger partial charge in [0.15, 0.2) is 6.10 Å². The fraction of sp³-hybridized carbons (Fsp3) is 0.176. The van der Waals surface area contributed by atoms with E-state index in [4.69, 9.17) is 10.00 Å². The molecule has 0 saturated carbocycles. The Kier molecular flexibility index (Phi) is 5.26. The van der Waals surface area contributed by atoms with E-state index < -0.39 is 12.7 Å². The van der Waals surface area contributed by atoms with E-state index in [2.05, 4.69) is 4.74 Å². The molecule has 0 unspecified atom stereocenters. The monoisotopic (exact) mass is 317 g/mol. The highest BCUT2D eigenvalue weighted by molar-refractivity contribution is 5.99. The largest absolute Gasteiger partial charge is 0.483 e. The Labute approximate surface area is 131 Å². The van der Waals surface area contributed by atoms with Gasteiger partial charge >= 0.3 is 6.61 Å². The number of nitrogens with zero attached hydrogens (tertiary/aromatic N) is 1. The van der Waals surface area contributed by atoms with Crippen molar-refractivity contribution in [3.8, 4) is 17.6 Å². The van der Waals surface area contributed by atoms with E-state index >= 15 is 0 Å². The molecule has 0 aliphatic carbocycles. The number of carbonyl (C=O) groups excluding carboxylic acids is 1. The molecule has 0 fully saturated rings. The van der Waals surface area contributed by atoms with Crippen molar-refractivity contribution in [3.63, 3.8) is 0 Å². The predicted octanol–water partition coefficient (Wildman–Crippen LogP) is 3.81. The molecule has 118 valence electrons. The SMILES string of the molecule is C[C@H](Oc1cccc(C#N)c1)C(=O)c1ccc(OC(F)F)cc1. The molecular weight excluding hydrogens is 304 g/mol. The molecule has 0 spiro atoms. The molecule has 23 heavy (non-hydrogen) atoms. The molecule has 0 heterocycles. The number of alkyl halides is 2. The number of ketones is 1. The van der Waals surface area contributed by atoms with E-state index in [-0.39, 0.29) is 11.5 Å².